The molecule has 8 aromatic carbocycles. The monoisotopic (exact) mass is 2140 g/mol. The van der Waals surface area contributed by atoms with Gasteiger partial charge in [-0.1, -0.05) is 312 Å². The number of aryl methyl sites for hydroxylation is 9. The van der Waals surface area contributed by atoms with Gasteiger partial charge in [0.05, 0.1) is 59.0 Å². The van der Waals surface area contributed by atoms with E-state index in [2.05, 4.69) is 23.9 Å². The van der Waals surface area contributed by atoms with Crippen LogP contribution >= 0.6 is 0 Å². The third-order valence-electron chi connectivity index (χ3n) is 16.5. The van der Waals surface area contributed by atoms with E-state index >= 15 is 0 Å². The third-order valence-corrected chi connectivity index (χ3v) is 22.0. The molecular weight excluding hydrogens is 1970 g/mol. The minimum atomic E-state index is -3.89. The zero-order chi connectivity index (χ0) is 106. The summed E-state index contributed by atoms with van der Waals surface area (Å²) in [6.45, 7) is 72.0. The first-order valence-electron chi connectivity index (χ1n) is 47.1. The minimum Gasteiger partial charge on any atom is -0.618 e. The molecule has 0 atom stereocenters. The molecule has 4 heterocycles. The maximum atomic E-state index is 13.1. The normalized spacial score (nSPS) is 9.37. The maximum Gasteiger partial charge on any atom is 0.267 e. The number of hydrogen-bond donors (Lipinski definition) is 4. The summed E-state index contributed by atoms with van der Waals surface area (Å²) < 4.78 is 113. The van der Waals surface area contributed by atoms with E-state index in [0.717, 1.165) is 33.4 Å². The topological polar surface area (TPSA) is 347 Å². The van der Waals surface area contributed by atoms with Crippen molar-refractivity contribution in [2.24, 2.45) is 0 Å². The molecule has 23 nitrogen and oxygen atoms in total. The van der Waals surface area contributed by atoms with Crippen LogP contribution in [-0.4, -0.2) is 61.8 Å². The molecule has 0 amide bonds. The van der Waals surface area contributed by atoms with Crippen molar-refractivity contribution in [3.05, 3.63) is 380 Å². The van der Waals surface area contributed by atoms with E-state index in [4.69, 9.17) is 0 Å². The predicted molar refractivity (Wildman–Crippen MR) is 577 cm³/mol. The second kappa shape index (κ2) is 79.8. The fraction of sp³-hybridized carbons (Fsp3) is 0.336. The van der Waals surface area contributed by atoms with Crippen LogP contribution < -0.4 is 33.1 Å². The maximum absolute atomic E-state index is 13.1. The van der Waals surface area contributed by atoms with E-state index < -0.39 is 57.4 Å². The Morgan fingerprint density at radius 3 is 0.913 bits per heavy atom. The number of nitrogens with one attached hydrogen (secondary N) is 4. The average molecular weight is 2140 g/mol. The van der Waals surface area contributed by atoms with Gasteiger partial charge >= 0.3 is 0 Å². The Bertz CT molecular complexity index is 5870. The average Bonchev–Trinajstić information content (AvgIpc) is 0.796. The number of anilines is 4. The Labute approximate surface area is 871 Å². The Morgan fingerprint density at radius 1 is 0.268 bits per heavy atom. The molecule has 28 heteroatoms. The summed E-state index contributed by atoms with van der Waals surface area (Å²) >= 11 is 0. The van der Waals surface area contributed by atoms with E-state index in [1.807, 2.05) is 222 Å². The Hall–Kier alpha value is -11.0. The van der Waals surface area contributed by atoms with E-state index in [-0.39, 0.29) is 136 Å². The Balaban J connectivity index is -0.000000249. The van der Waals surface area contributed by atoms with Gasteiger partial charge in [0.25, 0.3) is 74.5 Å². The van der Waals surface area contributed by atoms with Crippen LogP contribution in [0, 0.1) is 132 Å². The largest absolute Gasteiger partial charge is 0.618 e. The molecule has 0 bridgehead atoms. The third kappa shape index (κ3) is 46.6. The van der Waals surface area contributed by atoms with Crippen LogP contribution in [0.2, 0.25) is 0 Å². The molecule has 0 saturated heterocycles. The molecule has 4 N–H and O–H groups in total. The number of rotatable bonds is 20. The van der Waals surface area contributed by atoms with Crippen molar-refractivity contribution in [1.29, 1.82) is 0 Å². The van der Waals surface area contributed by atoms with Gasteiger partial charge in [0, 0.05) is 113 Å². The van der Waals surface area contributed by atoms with E-state index in [1.54, 1.807) is 205 Å². The number of ketones is 4. The first-order valence-corrected chi connectivity index (χ1v) is 53.0. The van der Waals surface area contributed by atoms with Gasteiger partial charge < -0.3 is 23.0 Å². The zero-order valence-electron chi connectivity index (χ0n) is 89.1. The minimum absolute atomic E-state index is 0. The summed E-state index contributed by atoms with van der Waals surface area (Å²) in [6.07, 6.45) is 4.07. The van der Waals surface area contributed by atoms with Gasteiger partial charge in [-0.3, -0.25) is 43.1 Å². The quantitative estimate of drug-likeness (QED) is 0.0238. The molecule has 0 radical (unpaired) electrons. The van der Waals surface area contributed by atoms with Crippen molar-refractivity contribution in [2.45, 2.75) is 276 Å². The van der Waals surface area contributed by atoms with Gasteiger partial charge in [0.15, 0.2) is 23.9 Å². The number of nitrogens with zero attached hydrogens (tertiary/aromatic N) is 4. The van der Waals surface area contributed by atoms with Crippen LogP contribution in [0.15, 0.2) is 281 Å². The Kier molecular flexibility index (Phi) is 82.3. The molecular formula is C110H161N8O15S4Yb-. The molecule has 770 valence electrons. The van der Waals surface area contributed by atoms with Gasteiger partial charge in [-0.05, 0) is 183 Å². The van der Waals surface area contributed by atoms with Crippen LogP contribution in [0.3, 0.4) is 0 Å². The first kappa shape index (κ1) is 142. The molecule has 12 rings (SSSR count). The fourth-order valence-electron chi connectivity index (χ4n) is 10.7. The van der Waals surface area contributed by atoms with E-state index in [1.165, 1.54) is 91.3 Å². The van der Waals surface area contributed by atoms with Crippen LogP contribution in [0.5, 0.6) is 0 Å². The molecule has 4 aromatic heterocycles. The molecule has 0 aliphatic rings. The Morgan fingerprint density at radius 2 is 0.558 bits per heavy atom. The van der Waals surface area contributed by atoms with E-state index in [0.29, 0.717) is 42.3 Å². The molecule has 0 aliphatic carbocycles. The van der Waals surface area contributed by atoms with Crippen molar-refractivity contribution in [3.63, 3.8) is 0 Å². The first-order chi connectivity index (χ1) is 65.1. The second-order valence-electron chi connectivity index (χ2n) is 24.9. The van der Waals surface area contributed by atoms with Crippen LogP contribution in [0.25, 0.3) is 0 Å². The fourth-order valence-corrected chi connectivity index (χ4v) is 15.0. The summed E-state index contributed by atoms with van der Waals surface area (Å²) in [5, 5.41) is 36.2. The van der Waals surface area contributed by atoms with Gasteiger partial charge in [-0.25, -0.2) is 33.7 Å². The molecule has 12 aromatic rings. The summed E-state index contributed by atoms with van der Waals surface area (Å²) in [5.41, 5.74) is 8.19. The van der Waals surface area contributed by atoms with Crippen LogP contribution in [-0.2, 0) is 40.1 Å². The van der Waals surface area contributed by atoms with Gasteiger partial charge in [0.2, 0.25) is 0 Å². The summed E-state index contributed by atoms with van der Waals surface area (Å²) in [5.74, 6) is -1.93. The summed E-state index contributed by atoms with van der Waals surface area (Å²) in [7, 11) is -15.4. The standard InChI is InChI=1S/2C21H20N2O4S.C21H20N2O3S.C18H14N2O4S.14C2H6.CH3.Yb/c1-14-6-9-17(10-7-14)28(26,27)22-19-11-8-15(2)13-18(19)21(24)20-16(3)5-4-12-23(20)25;1-14-7-10-17(11-8-14)28(26,27)22-19-12-9-15(2)13-18(19)21(24)20-6-4-5-16(3)23(20)25;1-14-6-9-17(10-7-14)27(25,26)23-20-11-8-15(2)13-19(20)21(24)18-5-4-12-22-16(18)3;21-18(17-12-6-7-13-20(17)22)15-10-4-5-11-16(15)19-25(23,24)14-8-2-1-3-9-14;14*1-2;;/h2*4-13,22H,1-3H3;4-13,23H,1-3H3;1-13,19H;14*1-2H3;1H3;/q;;;;;;;;;;;;;;;;;;-1;. The molecule has 138 heavy (non-hydrogen) atoms. The van der Waals surface area contributed by atoms with Crippen molar-refractivity contribution < 1.29 is 114 Å². The van der Waals surface area contributed by atoms with Gasteiger partial charge in [-0.2, -0.15) is 14.2 Å². The molecule has 0 fully saturated rings. The molecule has 0 unspecified atom stereocenters. The SMILES string of the molecule is CC.CC.CC.CC.CC.CC.CC.CC.CC.CC.CC.CC.CC.CC.Cc1ccc(S(=O)(=O)Nc2ccc(C)cc2C(=O)c2c(C)ccc[n+]2[O-])cc1.Cc1ccc(S(=O)(=O)Nc2ccc(C)cc2C(=O)c2cccc(C)[n+]2[O-])cc1.Cc1ccc(S(=O)(=O)Nc2ccc(C)cc2C(=O)c2cccnc2C)cc1.O=C(c1ccccc1NS(=O)(=O)c1ccccc1)c1cccc[n+]1[O-].[CH3-].[Yb]. The molecule has 0 aliphatic heterocycles. The number of hydrogen-bond acceptors (Lipinski definition) is 16. The number of aromatic nitrogens is 4. The van der Waals surface area contributed by atoms with Crippen molar-refractivity contribution >= 4 is 86.0 Å². The number of carbonyl (C=O) groups is 4. The predicted octanol–water partition coefficient (Wildman–Crippen LogP) is 27.8. The van der Waals surface area contributed by atoms with Crippen LogP contribution in [0.1, 0.15) is 308 Å². The van der Waals surface area contributed by atoms with Crippen LogP contribution in [0.4, 0.5) is 22.7 Å². The number of para-hydroxylation sites is 1. The summed E-state index contributed by atoms with van der Waals surface area (Å²) in [4.78, 5) is 56.3. The van der Waals surface area contributed by atoms with Crippen molar-refractivity contribution in [1.82, 2.24) is 4.98 Å². The van der Waals surface area contributed by atoms with Gasteiger partial charge in [-0.15, -0.1) is 0 Å². The number of pyridine rings is 4. The van der Waals surface area contributed by atoms with Gasteiger partial charge in [0.1, 0.15) is 0 Å². The number of sulfonamides is 4. The number of carbonyl (C=O) groups excluding carboxylic acids is 4. The van der Waals surface area contributed by atoms with Crippen molar-refractivity contribution in [3.8, 4) is 0 Å². The van der Waals surface area contributed by atoms with Crippen molar-refractivity contribution in [2.75, 3.05) is 18.9 Å². The number of benzene rings is 8. The molecule has 0 spiro atoms. The second-order valence-corrected chi connectivity index (χ2v) is 31.7. The van der Waals surface area contributed by atoms with E-state index in [9.17, 15) is 68.5 Å². The molecule has 0 saturated carbocycles. The summed E-state index contributed by atoms with van der Waals surface area (Å²) in [6, 6.07) is 63.7. The smallest absolute Gasteiger partial charge is 0.267 e. The zero-order valence-corrected chi connectivity index (χ0v) is 94.1.